The number of rotatable bonds is 4. The fourth-order valence-corrected chi connectivity index (χ4v) is 2.92. The Morgan fingerprint density at radius 1 is 1.17 bits per heavy atom. The second kappa shape index (κ2) is 5.83. The van der Waals surface area contributed by atoms with Crippen LogP contribution in [0.3, 0.4) is 0 Å². The molecule has 0 radical (unpaired) electrons. The van der Waals surface area contributed by atoms with E-state index in [9.17, 15) is 15.0 Å². The van der Waals surface area contributed by atoms with Gasteiger partial charge >= 0.3 is 0 Å². The number of phenols is 2. The van der Waals surface area contributed by atoms with Crippen LogP contribution in [-0.2, 0) is 11.2 Å². The van der Waals surface area contributed by atoms with E-state index in [1.807, 2.05) is 19.1 Å². The Hall–Kier alpha value is -2.69. The van der Waals surface area contributed by atoms with Crippen LogP contribution < -0.4 is 9.64 Å². The van der Waals surface area contributed by atoms with E-state index in [0.29, 0.717) is 18.4 Å². The zero-order valence-corrected chi connectivity index (χ0v) is 13.1. The van der Waals surface area contributed by atoms with E-state index >= 15 is 0 Å². The summed E-state index contributed by atoms with van der Waals surface area (Å²) in [5, 5.41) is 20.0. The van der Waals surface area contributed by atoms with E-state index < -0.39 is 0 Å². The zero-order valence-electron chi connectivity index (χ0n) is 13.1. The van der Waals surface area contributed by atoms with Crippen LogP contribution in [0.2, 0.25) is 0 Å². The lowest BCUT2D eigenvalue weighted by molar-refractivity contribution is -0.124. The molecule has 1 fully saturated rings. The highest BCUT2D eigenvalue weighted by atomic mass is 16.5. The molecule has 23 heavy (non-hydrogen) atoms. The monoisotopic (exact) mass is 313 g/mol. The van der Waals surface area contributed by atoms with Gasteiger partial charge in [-0.25, -0.2) is 0 Å². The number of aryl methyl sites for hydroxylation is 1. The first-order chi connectivity index (χ1) is 11.0. The largest absolute Gasteiger partial charge is 0.508 e. The molecule has 0 unspecified atom stereocenters. The first-order valence-corrected chi connectivity index (χ1v) is 7.56. The lowest BCUT2D eigenvalue weighted by Crippen LogP contribution is -2.46. The number of ether oxygens (including phenoxy) is 1. The number of aromatic hydroxyl groups is 2. The number of anilines is 1. The van der Waals surface area contributed by atoms with Gasteiger partial charge in [0.2, 0.25) is 5.91 Å². The summed E-state index contributed by atoms with van der Waals surface area (Å²) in [5.41, 5.74) is 2.18. The van der Waals surface area contributed by atoms with E-state index in [1.165, 1.54) is 6.07 Å². The Bertz CT molecular complexity index is 739. The molecule has 0 spiro atoms. The first-order valence-electron chi connectivity index (χ1n) is 7.56. The molecule has 1 heterocycles. The van der Waals surface area contributed by atoms with Gasteiger partial charge in [-0.1, -0.05) is 6.92 Å². The molecular weight excluding hydrogens is 294 g/mol. The van der Waals surface area contributed by atoms with Crippen molar-refractivity contribution in [3.8, 4) is 17.2 Å². The van der Waals surface area contributed by atoms with Gasteiger partial charge in [-0.05, 0) is 42.3 Å². The van der Waals surface area contributed by atoms with Gasteiger partial charge < -0.3 is 19.8 Å². The predicted octanol–water partition coefficient (Wildman–Crippen LogP) is 3.15. The number of β-lactam (4-membered cyclic amide) rings is 1. The number of amides is 1. The number of methoxy groups -OCH3 is 1. The fraction of sp³-hybridized carbons (Fsp3) is 0.278. The Kier molecular flexibility index (Phi) is 3.86. The maximum atomic E-state index is 12.1. The van der Waals surface area contributed by atoms with E-state index in [0.717, 1.165) is 17.0 Å². The number of hydrogen-bond acceptors (Lipinski definition) is 4. The van der Waals surface area contributed by atoms with Crippen molar-refractivity contribution < 1.29 is 19.7 Å². The number of hydrogen-bond donors (Lipinski definition) is 2. The normalized spacial score (nSPS) is 17.0. The summed E-state index contributed by atoms with van der Waals surface area (Å²) in [4.78, 5) is 13.7. The maximum Gasteiger partial charge on any atom is 0.230 e. The average Bonchev–Trinajstić information content (AvgIpc) is 2.54. The highest BCUT2D eigenvalue weighted by Gasteiger charge is 2.39. The minimum Gasteiger partial charge on any atom is -0.508 e. The summed E-state index contributed by atoms with van der Waals surface area (Å²) in [5.74, 6) is 0.816. The zero-order chi connectivity index (χ0) is 16.6. The predicted molar refractivity (Wildman–Crippen MR) is 87.0 cm³/mol. The van der Waals surface area contributed by atoms with Gasteiger partial charge in [0.05, 0.1) is 19.6 Å². The summed E-state index contributed by atoms with van der Waals surface area (Å²) in [7, 11) is 1.59. The number of phenolic OH excluding ortho intramolecular Hbond substituents is 2. The SMILES string of the molecule is CCc1cc([C@@H]2CC(=O)N2c2ccc(OC)cc2)c(O)cc1O. The number of nitrogens with zero attached hydrogens (tertiary/aromatic N) is 1. The maximum absolute atomic E-state index is 12.1. The highest BCUT2D eigenvalue weighted by Crippen LogP contribution is 2.44. The number of benzene rings is 2. The lowest BCUT2D eigenvalue weighted by Gasteiger charge is -2.41. The molecular formula is C18H19NO4. The molecule has 120 valence electrons. The van der Waals surface area contributed by atoms with Crippen LogP contribution in [0, 0.1) is 0 Å². The second-order valence-corrected chi connectivity index (χ2v) is 5.57. The summed E-state index contributed by atoms with van der Waals surface area (Å²) in [6, 6.07) is 10.1. The third-order valence-electron chi connectivity index (χ3n) is 4.27. The quantitative estimate of drug-likeness (QED) is 0.851. The molecule has 1 saturated heterocycles. The molecule has 1 aliphatic heterocycles. The summed E-state index contributed by atoms with van der Waals surface area (Å²) >= 11 is 0. The summed E-state index contributed by atoms with van der Waals surface area (Å²) < 4.78 is 5.13. The minimum atomic E-state index is -0.221. The second-order valence-electron chi connectivity index (χ2n) is 5.57. The molecule has 2 N–H and O–H groups in total. The van der Waals surface area contributed by atoms with E-state index in [4.69, 9.17) is 4.74 Å². The van der Waals surface area contributed by atoms with Crippen molar-refractivity contribution in [2.24, 2.45) is 0 Å². The van der Waals surface area contributed by atoms with Crippen LogP contribution in [0.4, 0.5) is 5.69 Å². The van der Waals surface area contributed by atoms with Crippen LogP contribution in [0.5, 0.6) is 17.2 Å². The van der Waals surface area contributed by atoms with Crippen molar-refractivity contribution in [1.29, 1.82) is 0 Å². The Morgan fingerprint density at radius 2 is 1.87 bits per heavy atom. The van der Waals surface area contributed by atoms with Gasteiger partial charge in [-0.2, -0.15) is 0 Å². The third kappa shape index (κ3) is 2.59. The van der Waals surface area contributed by atoms with E-state index in [2.05, 4.69) is 0 Å². The fourth-order valence-electron chi connectivity index (χ4n) is 2.92. The molecule has 1 atom stereocenters. The summed E-state index contributed by atoms with van der Waals surface area (Å²) in [6.07, 6.45) is 0.996. The van der Waals surface area contributed by atoms with Crippen molar-refractivity contribution in [2.75, 3.05) is 12.0 Å². The molecule has 2 aromatic rings. The molecule has 1 aliphatic rings. The Balaban J connectivity index is 1.95. The van der Waals surface area contributed by atoms with Gasteiger partial charge in [0.15, 0.2) is 0 Å². The summed E-state index contributed by atoms with van der Waals surface area (Å²) in [6.45, 7) is 1.93. The van der Waals surface area contributed by atoms with E-state index in [1.54, 1.807) is 30.2 Å². The Labute approximate surface area is 134 Å². The van der Waals surface area contributed by atoms with Crippen LogP contribution in [0.1, 0.15) is 30.5 Å². The van der Waals surface area contributed by atoms with Gasteiger partial charge in [-0.15, -0.1) is 0 Å². The van der Waals surface area contributed by atoms with Crippen LogP contribution in [-0.4, -0.2) is 23.2 Å². The highest BCUT2D eigenvalue weighted by molar-refractivity contribution is 6.01. The topological polar surface area (TPSA) is 70.0 Å². The third-order valence-corrected chi connectivity index (χ3v) is 4.27. The van der Waals surface area contributed by atoms with Crippen molar-refractivity contribution in [2.45, 2.75) is 25.8 Å². The molecule has 0 aliphatic carbocycles. The van der Waals surface area contributed by atoms with Crippen molar-refractivity contribution in [3.63, 3.8) is 0 Å². The van der Waals surface area contributed by atoms with Gasteiger partial charge in [0.25, 0.3) is 0 Å². The van der Waals surface area contributed by atoms with E-state index in [-0.39, 0.29) is 23.4 Å². The number of carbonyl (C=O) groups is 1. The lowest BCUT2D eigenvalue weighted by atomic mass is 9.90. The van der Waals surface area contributed by atoms with Crippen LogP contribution in [0.25, 0.3) is 0 Å². The smallest absolute Gasteiger partial charge is 0.230 e. The molecule has 0 bridgehead atoms. The molecule has 3 rings (SSSR count). The molecule has 5 heteroatoms. The molecule has 1 amide bonds. The van der Waals surface area contributed by atoms with Crippen molar-refractivity contribution in [3.05, 3.63) is 47.5 Å². The standard InChI is InChI=1S/C18H19NO4/c1-3-11-8-14(17(21)10-16(11)20)15-9-18(22)19(15)12-4-6-13(23-2)7-5-12/h4-8,10,15,20-21H,3,9H2,1-2H3/t15-/m0/s1. The number of carbonyl (C=O) groups excluding carboxylic acids is 1. The van der Waals surface area contributed by atoms with Gasteiger partial charge in [0.1, 0.15) is 17.2 Å². The first kappa shape index (κ1) is 15.2. The van der Waals surface area contributed by atoms with Gasteiger partial charge in [0, 0.05) is 17.3 Å². The molecule has 0 aromatic heterocycles. The molecule has 0 saturated carbocycles. The molecule has 2 aromatic carbocycles. The van der Waals surface area contributed by atoms with Crippen molar-refractivity contribution in [1.82, 2.24) is 0 Å². The molecule has 5 nitrogen and oxygen atoms in total. The minimum absolute atomic E-state index is 0.00527. The van der Waals surface area contributed by atoms with Gasteiger partial charge in [-0.3, -0.25) is 4.79 Å². The average molecular weight is 313 g/mol. The Morgan fingerprint density at radius 3 is 2.43 bits per heavy atom. The van der Waals surface area contributed by atoms with Crippen LogP contribution >= 0.6 is 0 Å². The van der Waals surface area contributed by atoms with Crippen LogP contribution in [0.15, 0.2) is 36.4 Å². The van der Waals surface area contributed by atoms with Crippen molar-refractivity contribution >= 4 is 11.6 Å².